The average Bonchev–Trinajstić information content (AvgIpc) is 2.46. The van der Waals surface area contributed by atoms with E-state index in [1.807, 2.05) is 6.26 Å². The minimum Gasteiger partial charge on any atom is -0.480 e. The molecule has 118 valence electrons. The number of aryl methyl sites for hydroxylation is 1. The third-order valence-corrected chi connectivity index (χ3v) is 3.29. The molecule has 0 aliphatic heterocycles. The zero-order valence-corrected chi connectivity index (χ0v) is 13.7. The lowest BCUT2D eigenvalue weighted by Crippen LogP contribution is -2.12. The van der Waals surface area contributed by atoms with Crippen molar-refractivity contribution >= 4 is 17.7 Å². The third kappa shape index (κ3) is 6.38. The van der Waals surface area contributed by atoms with Crippen LogP contribution in [0.3, 0.4) is 0 Å². The van der Waals surface area contributed by atoms with Gasteiger partial charge in [0.05, 0.1) is 12.5 Å². The normalized spacial score (nSPS) is 10.7. The molecule has 1 rings (SSSR count). The molecule has 0 radical (unpaired) electrons. The zero-order chi connectivity index (χ0) is 15.7. The van der Waals surface area contributed by atoms with Crippen LogP contribution in [-0.4, -0.2) is 24.8 Å². The van der Waals surface area contributed by atoms with Gasteiger partial charge in [0.15, 0.2) is 11.6 Å². The molecule has 0 saturated carbocycles. The highest BCUT2D eigenvalue weighted by Crippen LogP contribution is 2.22. The summed E-state index contributed by atoms with van der Waals surface area (Å²) >= 11 is 1.50. The first-order valence-electron chi connectivity index (χ1n) is 7.12. The summed E-state index contributed by atoms with van der Waals surface area (Å²) in [5.41, 5.74) is 0.642. The molecule has 0 saturated heterocycles. The lowest BCUT2D eigenvalue weighted by atomic mass is 10.1. The smallest absolute Gasteiger partial charge is 0.308 e. The number of carbonyl (C=O) groups excluding carboxylic acids is 1. The molecular weight excluding hydrogens is 291 g/mol. The van der Waals surface area contributed by atoms with Crippen molar-refractivity contribution in [3.63, 3.8) is 0 Å². The standard InChI is InChI=1S/C16H23FO3S/c1-12(2)16(18)19-10-5-4-7-13-8-6-9-14(15(13)17)20-11-21-3/h6,8-9,12H,4-5,7,10-11H2,1-3H3. The predicted octanol–water partition coefficient (Wildman–Crippen LogP) is 4.05. The Morgan fingerprint density at radius 1 is 1.33 bits per heavy atom. The largest absolute Gasteiger partial charge is 0.480 e. The summed E-state index contributed by atoms with van der Waals surface area (Å²) in [7, 11) is 0. The van der Waals surface area contributed by atoms with Gasteiger partial charge >= 0.3 is 5.97 Å². The van der Waals surface area contributed by atoms with Crippen molar-refractivity contribution in [3.8, 4) is 5.75 Å². The molecule has 0 N–H and O–H groups in total. The molecule has 5 heteroatoms. The summed E-state index contributed by atoms with van der Waals surface area (Å²) in [4.78, 5) is 11.3. The number of benzene rings is 1. The van der Waals surface area contributed by atoms with Gasteiger partial charge in [-0.25, -0.2) is 4.39 Å². The summed E-state index contributed by atoms with van der Waals surface area (Å²) in [6.45, 7) is 4.00. The topological polar surface area (TPSA) is 35.5 Å². The molecule has 0 unspecified atom stereocenters. The van der Waals surface area contributed by atoms with Crippen LogP contribution < -0.4 is 4.74 Å². The molecule has 3 nitrogen and oxygen atoms in total. The number of esters is 1. The summed E-state index contributed by atoms with van der Waals surface area (Å²) < 4.78 is 24.5. The molecule has 0 aliphatic carbocycles. The van der Waals surface area contributed by atoms with Crippen LogP contribution in [0.4, 0.5) is 4.39 Å². The first-order valence-corrected chi connectivity index (χ1v) is 8.51. The van der Waals surface area contributed by atoms with Crippen LogP contribution in [0, 0.1) is 11.7 Å². The Balaban J connectivity index is 2.36. The molecule has 0 atom stereocenters. The molecule has 1 aromatic carbocycles. The van der Waals surface area contributed by atoms with Crippen molar-refractivity contribution < 1.29 is 18.7 Å². The summed E-state index contributed by atoms with van der Waals surface area (Å²) in [5.74, 6) is 0.158. The molecule has 0 bridgehead atoms. The van der Waals surface area contributed by atoms with Crippen molar-refractivity contribution in [1.82, 2.24) is 0 Å². The zero-order valence-electron chi connectivity index (χ0n) is 12.9. The van der Waals surface area contributed by atoms with E-state index in [1.165, 1.54) is 11.8 Å². The van der Waals surface area contributed by atoms with Crippen molar-refractivity contribution in [2.45, 2.75) is 33.1 Å². The Kier molecular flexibility index (Phi) is 8.20. The van der Waals surface area contributed by atoms with E-state index in [2.05, 4.69) is 0 Å². The van der Waals surface area contributed by atoms with Gasteiger partial charge in [-0.05, 0) is 37.1 Å². The SMILES string of the molecule is CSCOc1cccc(CCCCOC(=O)C(C)C)c1F. The maximum Gasteiger partial charge on any atom is 0.308 e. The number of carbonyl (C=O) groups is 1. The molecule has 0 aliphatic rings. The highest BCUT2D eigenvalue weighted by molar-refractivity contribution is 7.98. The predicted molar refractivity (Wildman–Crippen MR) is 84.1 cm³/mol. The van der Waals surface area contributed by atoms with Crippen LogP contribution in [0.15, 0.2) is 18.2 Å². The second-order valence-corrected chi connectivity index (χ2v) is 5.87. The first-order chi connectivity index (χ1) is 10.1. The van der Waals surface area contributed by atoms with E-state index in [1.54, 1.807) is 32.0 Å². The van der Waals surface area contributed by atoms with Gasteiger partial charge in [-0.1, -0.05) is 26.0 Å². The Labute approximate surface area is 130 Å². The van der Waals surface area contributed by atoms with Crippen LogP contribution in [0.1, 0.15) is 32.3 Å². The van der Waals surface area contributed by atoms with Crippen LogP contribution in [0.25, 0.3) is 0 Å². The minimum absolute atomic E-state index is 0.104. The lowest BCUT2D eigenvalue weighted by molar-refractivity contribution is -0.147. The second-order valence-electron chi connectivity index (χ2n) is 5.06. The van der Waals surface area contributed by atoms with Crippen molar-refractivity contribution in [3.05, 3.63) is 29.6 Å². The monoisotopic (exact) mass is 314 g/mol. The highest BCUT2D eigenvalue weighted by Gasteiger charge is 2.10. The fraction of sp³-hybridized carbons (Fsp3) is 0.562. The molecule has 0 spiro atoms. The van der Waals surface area contributed by atoms with E-state index in [-0.39, 0.29) is 17.7 Å². The van der Waals surface area contributed by atoms with Gasteiger partial charge in [0.2, 0.25) is 0 Å². The average molecular weight is 314 g/mol. The van der Waals surface area contributed by atoms with Crippen LogP contribution in [0.2, 0.25) is 0 Å². The van der Waals surface area contributed by atoms with Gasteiger partial charge in [-0.15, -0.1) is 11.8 Å². The van der Waals surface area contributed by atoms with E-state index < -0.39 is 0 Å². The fourth-order valence-corrected chi connectivity index (χ4v) is 1.98. The maximum absolute atomic E-state index is 14.1. The van der Waals surface area contributed by atoms with E-state index in [0.29, 0.717) is 30.3 Å². The second kappa shape index (κ2) is 9.66. The fourth-order valence-electron chi connectivity index (χ4n) is 1.74. The van der Waals surface area contributed by atoms with Crippen LogP contribution >= 0.6 is 11.8 Å². The van der Waals surface area contributed by atoms with Gasteiger partial charge in [0, 0.05) is 0 Å². The molecule has 0 fully saturated rings. The van der Waals surface area contributed by atoms with E-state index in [0.717, 1.165) is 12.8 Å². The van der Waals surface area contributed by atoms with E-state index in [4.69, 9.17) is 9.47 Å². The lowest BCUT2D eigenvalue weighted by Gasteiger charge is -2.10. The van der Waals surface area contributed by atoms with Gasteiger partial charge in [-0.2, -0.15) is 0 Å². The Morgan fingerprint density at radius 2 is 2.10 bits per heavy atom. The minimum atomic E-state index is -0.286. The molecule has 0 amide bonds. The molecule has 21 heavy (non-hydrogen) atoms. The first kappa shape index (κ1) is 17.8. The Morgan fingerprint density at radius 3 is 2.76 bits per heavy atom. The number of hydrogen-bond acceptors (Lipinski definition) is 4. The van der Waals surface area contributed by atoms with E-state index in [9.17, 15) is 9.18 Å². The van der Waals surface area contributed by atoms with Crippen LogP contribution in [0.5, 0.6) is 5.75 Å². The van der Waals surface area contributed by atoms with Gasteiger partial charge in [0.25, 0.3) is 0 Å². The molecule has 0 aromatic heterocycles. The number of unbranched alkanes of at least 4 members (excludes halogenated alkanes) is 1. The van der Waals surface area contributed by atoms with Gasteiger partial charge < -0.3 is 9.47 Å². The molecule has 1 aromatic rings. The van der Waals surface area contributed by atoms with Gasteiger partial charge in [-0.3, -0.25) is 4.79 Å². The van der Waals surface area contributed by atoms with E-state index >= 15 is 0 Å². The Hall–Kier alpha value is -1.23. The number of thioether (sulfide) groups is 1. The maximum atomic E-state index is 14.1. The highest BCUT2D eigenvalue weighted by atomic mass is 32.2. The van der Waals surface area contributed by atoms with Crippen molar-refractivity contribution in [1.29, 1.82) is 0 Å². The number of halogens is 1. The number of rotatable bonds is 9. The number of hydrogen-bond donors (Lipinski definition) is 0. The quantitative estimate of drug-likeness (QED) is 0.391. The van der Waals surface area contributed by atoms with Crippen molar-refractivity contribution in [2.75, 3.05) is 18.8 Å². The summed E-state index contributed by atoms with van der Waals surface area (Å²) in [6, 6.07) is 5.20. The van der Waals surface area contributed by atoms with Crippen LogP contribution in [-0.2, 0) is 16.0 Å². The third-order valence-electron chi connectivity index (χ3n) is 2.93. The molecule has 0 heterocycles. The number of ether oxygens (including phenoxy) is 2. The Bertz CT molecular complexity index is 449. The summed E-state index contributed by atoms with van der Waals surface area (Å²) in [5, 5.41) is 0. The van der Waals surface area contributed by atoms with Crippen molar-refractivity contribution in [2.24, 2.45) is 5.92 Å². The van der Waals surface area contributed by atoms with Gasteiger partial charge in [0.1, 0.15) is 5.94 Å². The molecular formula is C16H23FO3S. The summed E-state index contributed by atoms with van der Waals surface area (Å²) in [6.07, 6.45) is 4.02.